The largest absolute Gasteiger partial charge is 0.307 e. The van der Waals surface area contributed by atoms with Crippen LogP contribution in [-0.2, 0) is 13.0 Å². The third kappa shape index (κ3) is 4.58. The molecule has 0 fully saturated rings. The molecule has 4 aromatic carbocycles. The van der Waals surface area contributed by atoms with E-state index in [1.165, 1.54) is 11.8 Å². The summed E-state index contributed by atoms with van der Waals surface area (Å²) in [6.07, 6.45) is 2.31. The Balaban J connectivity index is 1.24. The Bertz CT molecular complexity index is 1630. The fourth-order valence-electron chi connectivity index (χ4n) is 4.93. The van der Waals surface area contributed by atoms with E-state index in [1.807, 2.05) is 83.8 Å². The first-order valence-electron chi connectivity index (χ1n) is 12.6. The SMILES string of the molecule is O=C(Nc1ccc(C(=O)N2Cc3ccccc3Cc3ccccc32)cn1)c1ccccc1-c1ccccc1. The number of hydrogen-bond acceptors (Lipinski definition) is 3. The predicted molar refractivity (Wildman–Crippen MR) is 150 cm³/mol. The second-order valence-corrected chi connectivity index (χ2v) is 9.26. The van der Waals surface area contributed by atoms with E-state index in [-0.39, 0.29) is 11.8 Å². The number of aromatic nitrogens is 1. The van der Waals surface area contributed by atoms with Gasteiger partial charge in [0, 0.05) is 17.4 Å². The van der Waals surface area contributed by atoms with Gasteiger partial charge in [-0.15, -0.1) is 0 Å². The molecule has 1 aromatic heterocycles. The topological polar surface area (TPSA) is 62.3 Å². The molecule has 2 amide bonds. The molecule has 0 saturated carbocycles. The van der Waals surface area contributed by atoms with Crippen molar-refractivity contribution in [2.24, 2.45) is 0 Å². The molecule has 5 heteroatoms. The van der Waals surface area contributed by atoms with Crippen molar-refractivity contribution in [2.45, 2.75) is 13.0 Å². The van der Waals surface area contributed by atoms with E-state index in [1.54, 1.807) is 18.2 Å². The van der Waals surface area contributed by atoms with Crippen LogP contribution in [0.15, 0.2) is 121 Å². The molecule has 38 heavy (non-hydrogen) atoms. The zero-order valence-electron chi connectivity index (χ0n) is 20.7. The summed E-state index contributed by atoms with van der Waals surface area (Å²) in [6.45, 7) is 0.487. The summed E-state index contributed by atoms with van der Waals surface area (Å²) in [5.74, 6) is -0.000869. The molecule has 184 valence electrons. The molecule has 0 atom stereocenters. The lowest BCUT2D eigenvalue weighted by molar-refractivity contribution is 0.0984. The van der Waals surface area contributed by atoms with Gasteiger partial charge in [-0.05, 0) is 58.5 Å². The Labute approximate surface area is 221 Å². The second-order valence-electron chi connectivity index (χ2n) is 9.26. The highest BCUT2D eigenvalue weighted by atomic mass is 16.2. The lowest BCUT2D eigenvalue weighted by atomic mass is 9.99. The van der Waals surface area contributed by atoms with Crippen molar-refractivity contribution in [3.8, 4) is 11.1 Å². The van der Waals surface area contributed by atoms with Gasteiger partial charge in [-0.2, -0.15) is 0 Å². The molecule has 0 aliphatic carbocycles. The van der Waals surface area contributed by atoms with Gasteiger partial charge in [0.2, 0.25) is 0 Å². The Morgan fingerprint density at radius 3 is 2.16 bits per heavy atom. The Morgan fingerprint density at radius 2 is 1.37 bits per heavy atom. The highest BCUT2D eigenvalue weighted by Gasteiger charge is 2.25. The predicted octanol–water partition coefficient (Wildman–Crippen LogP) is 6.75. The summed E-state index contributed by atoms with van der Waals surface area (Å²) in [7, 11) is 0. The number of pyridine rings is 1. The van der Waals surface area contributed by atoms with E-state index in [2.05, 4.69) is 28.5 Å². The first-order chi connectivity index (χ1) is 18.7. The number of carbonyl (C=O) groups is 2. The molecule has 0 radical (unpaired) electrons. The third-order valence-corrected chi connectivity index (χ3v) is 6.86. The van der Waals surface area contributed by atoms with Gasteiger partial charge >= 0.3 is 0 Å². The van der Waals surface area contributed by atoms with E-state index < -0.39 is 0 Å². The monoisotopic (exact) mass is 495 g/mol. The summed E-state index contributed by atoms with van der Waals surface area (Å²) < 4.78 is 0. The van der Waals surface area contributed by atoms with Gasteiger partial charge in [-0.3, -0.25) is 9.59 Å². The molecule has 6 rings (SSSR count). The van der Waals surface area contributed by atoms with Gasteiger partial charge in [0.15, 0.2) is 0 Å². The number of rotatable bonds is 4. The van der Waals surface area contributed by atoms with Gasteiger partial charge in [0.25, 0.3) is 11.8 Å². The minimum Gasteiger partial charge on any atom is -0.307 e. The van der Waals surface area contributed by atoms with E-state index >= 15 is 0 Å². The molecule has 0 bridgehead atoms. The maximum atomic E-state index is 13.7. The van der Waals surface area contributed by atoms with Gasteiger partial charge in [-0.25, -0.2) is 4.98 Å². The van der Waals surface area contributed by atoms with Crippen LogP contribution in [0.2, 0.25) is 0 Å². The Kier molecular flexibility index (Phi) is 6.24. The average molecular weight is 496 g/mol. The molecule has 2 heterocycles. The fourth-order valence-corrected chi connectivity index (χ4v) is 4.93. The average Bonchev–Trinajstić information content (AvgIpc) is 3.14. The summed E-state index contributed by atoms with van der Waals surface area (Å²) >= 11 is 0. The Hall–Kier alpha value is -5.03. The molecule has 0 saturated heterocycles. The van der Waals surface area contributed by atoms with Crippen molar-refractivity contribution < 1.29 is 9.59 Å². The molecular formula is C33H25N3O2. The minimum absolute atomic E-state index is 0.131. The van der Waals surface area contributed by atoms with Gasteiger partial charge < -0.3 is 10.2 Å². The molecule has 0 spiro atoms. The lowest BCUT2D eigenvalue weighted by Crippen LogP contribution is -2.30. The van der Waals surface area contributed by atoms with Crippen LogP contribution >= 0.6 is 0 Å². The number of para-hydroxylation sites is 1. The van der Waals surface area contributed by atoms with Crippen LogP contribution in [0, 0.1) is 0 Å². The zero-order valence-corrected chi connectivity index (χ0v) is 20.7. The lowest BCUT2D eigenvalue weighted by Gasteiger charge is -2.23. The van der Waals surface area contributed by atoms with Crippen molar-refractivity contribution in [2.75, 3.05) is 10.2 Å². The van der Waals surface area contributed by atoms with E-state index in [9.17, 15) is 9.59 Å². The fraction of sp³-hybridized carbons (Fsp3) is 0.0606. The van der Waals surface area contributed by atoms with Crippen LogP contribution in [-0.4, -0.2) is 16.8 Å². The molecule has 5 aromatic rings. The number of amides is 2. The normalized spacial score (nSPS) is 12.2. The molecular weight excluding hydrogens is 470 g/mol. The number of benzene rings is 4. The summed E-state index contributed by atoms with van der Waals surface area (Å²) in [4.78, 5) is 33.0. The molecule has 1 aliphatic rings. The quantitative estimate of drug-likeness (QED) is 0.300. The van der Waals surface area contributed by atoms with Crippen LogP contribution in [0.4, 0.5) is 11.5 Å². The molecule has 1 N–H and O–H groups in total. The first-order valence-corrected chi connectivity index (χ1v) is 12.6. The standard InChI is InChI=1S/C33H25N3O2/c37-32(29-16-8-7-15-28(29)23-10-2-1-3-11-23)35-31-19-18-26(21-34-31)33(38)36-22-27-14-5-4-12-24(27)20-25-13-6-9-17-30(25)36/h1-19,21H,20,22H2,(H,34,35,37). The Morgan fingerprint density at radius 1 is 0.684 bits per heavy atom. The van der Waals surface area contributed by atoms with Crippen LogP contribution in [0.25, 0.3) is 11.1 Å². The van der Waals surface area contributed by atoms with Crippen molar-refractivity contribution in [3.63, 3.8) is 0 Å². The van der Waals surface area contributed by atoms with Gasteiger partial charge in [0.05, 0.1) is 12.1 Å². The van der Waals surface area contributed by atoms with Crippen LogP contribution in [0.3, 0.4) is 0 Å². The van der Waals surface area contributed by atoms with E-state index in [0.29, 0.717) is 23.5 Å². The van der Waals surface area contributed by atoms with E-state index in [4.69, 9.17) is 0 Å². The zero-order chi connectivity index (χ0) is 25.9. The van der Waals surface area contributed by atoms with Crippen molar-refractivity contribution in [3.05, 3.63) is 149 Å². The molecule has 0 unspecified atom stereocenters. The number of anilines is 2. The number of carbonyl (C=O) groups excluding carboxylic acids is 2. The summed E-state index contributed by atoms with van der Waals surface area (Å²) in [5, 5.41) is 2.88. The maximum Gasteiger partial charge on any atom is 0.260 e. The van der Waals surface area contributed by atoms with Crippen molar-refractivity contribution in [1.82, 2.24) is 4.98 Å². The second kappa shape index (κ2) is 10.1. The molecule has 5 nitrogen and oxygen atoms in total. The van der Waals surface area contributed by atoms with Crippen LogP contribution < -0.4 is 10.2 Å². The highest BCUT2D eigenvalue weighted by molar-refractivity contribution is 6.09. The smallest absolute Gasteiger partial charge is 0.260 e. The van der Waals surface area contributed by atoms with Crippen molar-refractivity contribution in [1.29, 1.82) is 0 Å². The van der Waals surface area contributed by atoms with Gasteiger partial charge in [0.1, 0.15) is 5.82 Å². The minimum atomic E-state index is -0.255. The number of fused-ring (bicyclic) bond motifs is 2. The van der Waals surface area contributed by atoms with Crippen molar-refractivity contribution >= 4 is 23.3 Å². The van der Waals surface area contributed by atoms with Crippen LogP contribution in [0.5, 0.6) is 0 Å². The number of nitrogens with one attached hydrogen (secondary N) is 1. The van der Waals surface area contributed by atoms with E-state index in [0.717, 1.165) is 34.4 Å². The number of nitrogens with zero attached hydrogens (tertiary/aromatic N) is 2. The first kappa shape index (κ1) is 23.4. The maximum absolute atomic E-state index is 13.7. The van der Waals surface area contributed by atoms with Gasteiger partial charge in [-0.1, -0.05) is 91.0 Å². The third-order valence-electron chi connectivity index (χ3n) is 6.86. The summed E-state index contributed by atoms with van der Waals surface area (Å²) in [6, 6.07) is 36.9. The van der Waals surface area contributed by atoms with Crippen LogP contribution in [0.1, 0.15) is 37.4 Å². The number of hydrogen-bond donors (Lipinski definition) is 1. The highest BCUT2D eigenvalue weighted by Crippen LogP contribution is 2.32. The molecule has 1 aliphatic heterocycles. The summed E-state index contributed by atoms with van der Waals surface area (Å²) in [5.41, 5.74) is 7.20.